The molecule has 2 aromatic rings. The first-order chi connectivity index (χ1) is 18.2. The minimum atomic E-state index is -3.65. The van der Waals surface area contributed by atoms with Crippen LogP contribution in [-0.2, 0) is 28.6 Å². The van der Waals surface area contributed by atoms with E-state index in [-0.39, 0.29) is 23.0 Å². The van der Waals surface area contributed by atoms with Gasteiger partial charge in [-0.1, -0.05) is 86.1 Å². The lowest BCUT2D eigenvalue weighted by Gasteiger charge is -2.06. The van der Waals surface area contributed by atoms with E-state index in [9.17, 15) is 16.8 Å². The number of rotatable bonds is 20. The van der Waals surface area contributed by atoms with Gasteiger partial charge in [-0.15, -0.1) is 0 Å². The molecule has 0 bridgehead atoms. The number of allylic oxidation sites excluding steroid dienone is 2. The van der Waals surface area contributed by atoms with Crippen LogP contribution >= 0.6 is 0 Å². The van der Waals surface area contributed by atoms with Gasteiger partial charge in [-0.2, -0.15) is 16.8 Å². The summed E-state index contributed by atoms with van der Waals surface area (Å²) in [6.45, 7) is 4.30. The van der Waals surface area contributed by atoms with E-state index >= 15 is 0 Å². The van der Waals surface area contributed by atoms with E-state index in [1.54, 1.807) is 48.5 Å². The lowest BCUT2D eigenvalue weighted by molar-refractivity contribution is 0.305. The highest BCUT2D eigenvalue weighted by Gasteiger charge is 2.15. The highest BCUT2D eigenvalue weighted by atomic mass is 32.2. The zero-order valence-corrected chi connectivity index (χ0v) is 24.6. The molecule has 2 aromatic carbocycles. The zero-order valence-electron chi connectivity index (χ0n) is 22.9. The van der Waals surface area contributed by atoms with Crippen LogP contribution in [-0.4, -0.2) is 30.0 Å². The smallest absolute Gasteiger partial charge is 0.266 e. The molecule has 0 radical (unpaired) electrons. The first-order valence-electron chi connectivity index (χ1n) is 13.8. The van der Waals surface area contributed by atoms with E-state index in [0.717, 1.165) is 75.3 Å². The van der Waals surface area contributed by atoms with Crippen LogP contribution < -0.4 is 0 Å². The Morgan fingerprint density at radius 2 is 0.816 bits per heavy atom. The van der Waals surface area contributed by atoms with E-state index in [2.05, 4.69) is 12.2 Å². The quantitative estimate of drug-likeness (QED) is 0.0932. The van der Waals surface area contributed by atoms with Gasteiger partial charge < -0.3 is 0 Å². The molecular weight excluding hydrogens is 520 g/mol. The van der Waals surface area contributed by atoms with Crippen LogP contribution in [0.15, 0.2) is 70.5 Å². The second-order valence-corrected chi connectivity index (χ2v) is 13.0. The second kappa shape index (κ2) is 17.6. The molecule has 8 heteroatoms. The van der Waals surface area contributed by atoms with Gasteiger partial charge in [-0.3, -0.25) is 8.37 Å². The molecule has 0 fully saturated rings. The molecule has 0 N–H and O–H groups in total. The van der Waals surface area contributed by atoms with Gasteiger partial charge in [0.05, 0.1) is 23.0 Å². The highest BCUT2D eigenvalue weighted by Crippen LogP contribution is 2.16. The first-order valence-corrected chi connectivity index (χ1v) is 16.6. The molecule has 2 rings (SSSR count). The molecule has 0 saturated heterocycles. The van der Waals surface area contributed by atoms with E-state index in [1.165, 1.54) is 12.8 Å². The van der Waals surface area contributed by atoms with Gasteiger partial charge in [0.1, 0.15) is 0 Å². The molecule has 212 valence electrons. The number of hydrogen-bond acceptors (Lipinski definition) is 6. The van der Waals surface area contributed by atoms with E-state index in [0.29, 0.717) is 0 Å². The Morgan fingerprint density at radius 1 is 0.500 bits per heavy atom. The zero-order chi connectivity index (χ0) is 27.7. The molecular formula is C30H44O6S2. The molecule has 0 aliphatic rings. The number of benzene rings is 2. The summed E-state index contributed by atoms with van der Waals surface area (Å²) >= 11 is 0. The highest BCUT2D eigenvalue weighted by molar-refractivity contribution is 7.87. The third-order valence-electron chi connectivity index (χ3n) is 6.29. The number of hydrogen-bond donors (Lipinski definition) is 0. The van der Waals surface area contributed by atoms with Crippen molar-refractivity contribution in [1.29, 1.82) is 0 Å². The van der Waals surface area contributed by atoms with Crippen LogP contribution in [0.5, 0.6) is 0 Å². The summed E-state index contributed by atoms with van der Waals surface area (Å²) in [6.07, 6.45) is 16.8. The van der Waals surface area contributed by atoms with E-state index in [4.69, 9.17) is 8.37 Å². The number of unbranched alkanes of at least 4 members (excludes halogenated alkanes) is 10. The summed E-state index contributed by atoms with van der Waals surface area (Å²) in [5, 5.41) is 0. The molecule has 0 atom stereocenters. The van der Waals surface area contributed by atoms with Crippen molar-refractivity contribution in [1.82, 2.24) is 0 Å². The van der Waals surface area contributed by atoms with Crippen LogP contribution in [0.1, 0.15) is 88.2 Å². The minimum absolute atomic E-state index is 0.213. The van der Waals surface area contributed by atoms with Crippen LogP contribution in [0.2, 0.25) is 0 Å². The van der Waals surface area contributed by atoms with Crippen LogP contribution in [0.3, 0.4) is 0 Å². The van der Waals surface area contributed by atoms with E-state index < -0.39 is 20.2 Å². The Bertz CT molecular complexity index is 1150. The van der Waals surface area contributed by atoms with Crippen molar-refractivity contribution in [2.75, 3.05) is 13.2 Å². The SMILES string of the molecule is Cc1ccc(S(=O)(=O)OCCCCCC/C=C/CCCCCCCCOS(=O)(=O)c2ccc(C)cc2)cc1. The molecule has 0 aromatic heterocycles. The van der Waals surface area contributed by atoms with Crippen LogP contribution in [0.25, 0.3) is 0 Å². The fourth-order valence-electron chi connectivity index (χ4n) is 3.91. The summed E-state index contributed by atoms with van der Waals surface area (Å²) in [4.78, 5) is 0.429. The maximum atomic E-state index is 12.1. The summed E-state index contributed by atoms with van der Waals surface area (Å²) < 4.78 is 58.8. The molecule has 0 spiro atoms. The van der Waals surface area contributed by atoms with Gasteiger partial charge >= 0.3 is 0 Å². The molecule has 0 aliphatic carbocycles. The van der Waals surface area contributed by atoms with Gasteiger partial charge in [0.15, 0.2) is 0 Å². The molecule has 0 saturated carbocycles. The third kappa shape index (κ3) is 13.2. The summed E-state index contributed by atoms with van der Waals surface area (Å²) in [5.74, 6) is 0. The Hall–Kier alpha value is -2.00. The average Bonchev–Trinajstić information content (AvgIpc) is 2.88. The molecule has 0 heterocycles. The van der Waals surface area contributed by atoms with Gasteiger partial charge in [-0.05, 0) is 76.6 Å². The van der Waals surface area contributed by atoms with Gasteiger partial charge in [0, 0.05) is 0 Å². The second-order valence-electron chi connectivity index (χ2n) is 9.76. The molecule has 38 heavy (non-hydrogen) atoms. The maximum absolute atomic E-state index is 12.1. The van der Waals surface area contributed by atoms with Gasteiger partial charge in [0.25, 0.3) is 20.2 Å². The largest absolute Gasteiger partial charge is 0.296 e. The topological polar surface area (TPSA) is 86.7 Å². The third-order valence-corrected chi connectivity index (χ3v) is 8.95. The van der Waals surface area contributed by atoms with Crippen molar-refractivity contribution in [2.24, 2.45) is 0 Å². The maximum Gasteiger partial charge on any atom is 0.296 e. The first kappa shape index (κ1) is 32.2. The summed E-state index contributed by atoms with van der Waals surface area (Å²) in [7, 11) is -7.30. The summed E-state index contributed by atoms with van der Waals surface area (Å²) in [5.41, 5.74) is 2.03. The molecule has 0 amide bonds. The van der Waals surface area contributed by atoms with Crippen molar-refractivity contribution in [3.05, 3.63) is 71.8 Å². The molecule has 0 unspecified atom stereocenters. The fourth-order valence-corrected chi connectivity index (χ4v) is 5.79. The summed E-state index contributed by atoms with van der Waals surface area (Å²) in [6, 6.07) is 13.4. The Morgan fingerprint density at radius 3 is 1.18 bits per heavy atom. The minimum Gasteiger partial charge on any atom is -0.266 e. The van der Waals surface area contributed by atoms with Crippen molar-refractivity contribution < 1.29 is 25.2 Å². The van der Waals surface area contributed by atoms with E-state index in [1.807, 2.05) is 13.8 Å². The lowest BCUT2D eigenvalue weighted by atomic mass is 10.1. The Labute approximate surface area is 230 Å². The van der Waals surface area contributed by atoms with Gasteiger partial charge in [0.2, 0.25) is 0 Å². The molecule has 6 nitrogen and oxygen atoms in total. The predicted octanol–water partition coefficient (Wildman–Crippen LogP) is 7.65. The normalized spacial score (nSPS) is 12.4. The fraction of sp³-hybridized carbons (Fsp3) is 0.533. The standard InChI is InChI=1S/C30H44O6S2/c1-27-17-21-29(22-18-27)37(31,32)35-25-15-13-11-9-7-5-3-4-6-8-10-12-14-16-26-36-38(33,34)30-23-19-28(2)20-24-30/h3,5,17-24H,4,6-16,25-26H2,1-2H3/b5-3+. The van der Waals surface area contributed by atoms with Crippen molar-refractivity contribution in [2.45, 2.75) is 101 Å². The van der Waals surface area contributed by atoms with Crippen molar-refractivity contribution in [3.8, 4) is 0 Å². The number of aryl methyl sites for hydroxylation is 2. The average molecular weight is 565 g/mol. The Kier molecular flexibility index (Phi) is 14.9. The van der Waals surface area contributed by atoms with Crippen LogP contribution in [0.4, 0.5) is 0 Å². The Balaban J connectivity index is 1.37. The lowest BCUT2D eigenvalue weighted by Crippen LogP contribution is -2.07. The monoisotopic (exact) mass is 564 g/mol. The predicted molar refractivity (Wildman–Crippen MR) is 153 cm³/mol. The van der Waals surface area contributed by atoms with Crippen LogP contribution in [0, 0.1) is 13.8 Å². The molecule has 0 aliphatic heterocycles. The van der Waals surface area contributed by atoms with Crippen molar-refractivity contribution in [3.63, 3.8) is 0 Å². The van der Waals surface area contributed by atoms with Gasteiger partial charge in [-0.25, -0.2) is 0 Å². The van der Waals surface area contributed by atoms with Crippen molar-refractivity contribution >= 4 is 20.2 Å².